The van der Waals surface area contributed by atoms with Gasteiger partial charge in [0, 0.05) is 12.8 Å². The monoisotopic (exact) mass is 1050 g/mol. The van der Waals surface area contributed by atoms with Crippen LogP contribution in [0.5, 0.6) is 0 Å². The smallest absolute Gasteiger partial charge is 0.462 e. The molecule has 0 saturated heterocycles. The Morgan fingerprint density at radius 1 is 0.432 bits per heavy atom. The van der Waals surface area contributed by atoms with E-state index in [9.17, 15) is 19.0 Å². The van der Waals surface area contributed by atoms with Gasteiger partial charge in [0.25, 0.3) is 0 Å². The second kappa shape index (κ2) is 54.0. The first-order chi connectivity index (χ1) is 36.0. The Bertz CT molecular complexity index is 1710. The number of likely N-dealkylation sites (N-methyl/N-ethyl adjacent to an activating group) is 1. The van der Waals surface area contributed by atoms with Crippen molar-refractivity contribution in [3.05, 3.63) is 134 Å². The molecule has 0 aromatic heterocycles. The summed E-state index contributed by atoms with van der Waals surface area (Å²) in [5, 5.41) is 0. The highest BCUT2D eigenvalue weighted by Crippen LogP contribution is 2.43. The lowest BCUT2D eigenvalue weighted by Gasteiger charge is -2.24. The van der Waals surface area contributed by atoms with Crippen LogP contribution in [0.4, 0.5) is 0 Å². The van der Waals surface area contributed by atoms with E-state index in [0.717, 1.165) is 109 Å². The van der Waals surface area contributed by atoms with Gasteiger partial charge in [0.05, 0.1) is 27.7 Å². The number of esters is 2. The highest BCUT2D eigenvalue weighted by molar-refractivity contribution is 7.47. The zero-order chi connectivity index (χ0) is 54.2. The van der Waals surface area contributed by atoms with Crippen LogP contribution in [-0.2, 0) is 32.7 Å². The van der Waals surface area contributed by atoms with Crippen molar-refractivity contribution < 1.29 is 42.1 Å². The van der Waals surface area contributed by atoms with Crippen molar-refractivity contribution in [2.75, 3.05) is 47.5 Å². The van der Waals surface area contributed by atoms with Gasteiger partial charge in [-0.1, -0.05) is 212 Å². The molecule has 0 radical (unpaired) electrons. The lowest BCUT2D eigenvalue weighted by Crippen LogP contribution is -2.37. The molecular weight excluding hydrogens is 942 g/mol. The normalized spacial score (nSPS) is 14.3. The van der Waals surface area contributed by atoms with E-state index in [1.807, 2.05) is 21.1 Å². The van der Waals surface area contributed by atoms with Gasteiger partial charge >= 0.3 is 19.8 Å². The number of unbranched alkanes of at least 4 members (excludes halogenated alkanes) is 15. The van der Waals surface area contributed by atoms with Crippen LogP contribution in [0.1, 0.15) is 206 Å². The molecular formula is C64H107NO8P+. The average Bonchev–Trinajstić information content (AvgIpc) is 3.36. The predicted octanol–water partition coefficient (Wildman–Crippen LogP) is 18.1. The molecule has 0 fully saturated rings. The first kappa shape index (κ1) is 70.1. The number of hydrogen-bond acceptors (Lipinski definition) is 7. The van der Waals surface area contributed by atoms with Crippen LogP contribution in [0.3, 0.4) is 0 Å². The van der Waals surface area contributed by atoms with E-state index in [0.29, 0.717) is 17.4 Å². The van der Waals surface area contributed by atoms with Crippen molar-refractivity contribution >= 4 is 19.8 Å². The minimum atomic E-state index is -4.41. The standard InChI is InChI=1S/C64H106NO8P/c1-6-8-10-12-14-16-18-20-22-24-26-28-30-31-32-33-35-37-39-41-43-45-47-49-51-53-55-57-64(67)73-62(61-72-74(68,69)71-59-58-65(3,4)5)60-70-63(66)56-54-52-50-48-46-44-42-40-38-36-34-29-27-25-23-21-19-17-15-13-11-9-7-2/h8,10,14,16,19-22,25-28,31-32,34-37,41,43,47,49,62H,6-7,9,11-13,15,17-18,23-24,29-30,33,38-40,42,44-46,48,50-61H2,1-5H3/p+1/b10-8-,16-14-,21-19-,22-20-,27-25-,28-26-,32-31-,36-34-,37-35-,43-41-,49-47-. The quantitative estimate of drug-likeness (QED) is 0.0211. The second-order valence-corrected chi connectivity index (χ2v) is 21.4. The summed E-state index contributed by atoms with van der Waals surface area (Å²) >= 11 is 0. The molecule has 0 heterocycles. The maximum Gasteiger partial charge on any atom is 0.472 e. The predicted molar refractivity (Wildman–Crippen MR) is 316 cm³/mol. The van der Waals surface area contributed by atoms with E-state index in [1.165, 1.54) is 64.2 Å². The number of nitrogens with zero attached hydrogens (tertiary/aromatic N) is 1. The SMILES string of the molecule is CC/C=C\C/C=C\C/C=C\C/C=C\C/C=C\C/C=C\C/C=C\C/C=C\CCCCC(=O)OC(COC(=O)CCCCCCCCCC/C=C\C/C=C\C/C=C\CCCCCCC)COP(=O)(O)OCC[N+](C)(C)C. The fourth-order valence-electron chi connectivity index (χ4n) is 7.21. The van der Waals surface area contributed by atoms with Gasteiger partial charge in [0.2, 0.25) is 0 Å². The van der Waals surface area contributed by atoms with E-state index in [-0.39, 0.29) is 26.1 Å². The summed E-state index contributed by atoms with van der Waals surface area (Å²) in [5.41, 5.74) is 0. The Kier molecular flexibility index (Phi) is 51.2. The minimum absolute atomic E-state index is 0.0136. The van der Waals surface area contributed by atoms with Gasteiger partial charge in [-0.25, -0.2) is 4.57 Å². The topological polar surface area (TPSA) is 108 Å². The molecule has 420 valence electrons. The lowest BCUT2D eigenvalue weighted by molar-refractivity contribution is -0.870. The van der Waals surface area contributed by atoms with Crippen molar-refractivity contribution in [3.63, 3.8) is 0 Å². The number of carbonyl (C=O) groups excluding carboxylic acids is 2. The first-order valence-electron chi connectivity index (χ1n) is 28.9. The van der Waals surface area contributed by atoms with E-state index in [4.69, 9.17) is 18.5 Å². The van der Waals surface area contributed by atoms with Crippen molar-refractivity contribution in [2.24, 2.45) is 0 Å². The molecule has 0 aliphatic rings. The average molecular weight is 1050 g/mol. The van der Waals surface area contributed by atoms with E-state index in [1.54, 1.807) is 0 Å². The van der Waals surface area contributed by atoms with Crippen LogP contribution in [0.2, 0.25) is 0 Å². The molecule has 0 aliphatic carbocycles. The largest absolute Gasteiger partial charge is 0.472 e. The minimum Gasteiger partial charge on any atom is -0.462 e. The number of phosphoric ester groups is 1. The molecule has 0 saturated carbocycles. The van der Waals surface area contributed by atoms with Gasteiger partial charge in [-0.15, -0.1) is 0 Å². The lowest BCUT2D eigenvalue weighted by atomic mass is 10.1. The third kappa shape index (κ3) is 57.4. The Morgan fingerprint density at radius 3 is 1.18 bits per heavy atom. The molecule has 0 aromatic rings. The molecule has 2 unspecified atom stereocenters. The van der Waals surface area contributed by atoms with E-state index < -0.39 is 32.5 Å². The van der Waals surface area contributed by atoms with Gasteiger partial charge < -0.3 is 18.9 Å². The fraction of sp³-hybridized carbons (Fsp3) is 0.625. The summed E-state index contributed by atoms with van der Waals surface area (Å²) in [6, 6.07) is 0. The zero-order valence-electron chi connectivity index (χ0n) is 47.5. The van der Waals surface area contributed by atoms with Gasteiger partial charge in [-0.3, -0.25) is 18.6 Å². The van der Waals surface area contributed by atoms with Crippen LogP contribution in [0, 0.1) is 0 Å². The third-order valence-corrected chi connectivity index (χ3v) is 12.6. The van der Waals surface area contributed by atoms with E-state index >= 15 is 0 Å². The number of allylic oxidation sites excluding steroid dienone is 22. The van der Waals surface area contributed by atoms with Gasteiger partial charge in [-0.2, -0.15) is 0 Å². The molecule has 0 spiro atoms. The number of carbonyl (C=O) groups is 2. The molecule has 2 atom stereocenters. The summed E-state index contributed by atoms with van der Waals surface area (Å²) in [7, 11) is 1.42. The summed E-state index contributed by atoms with van der Waals surface area (Å²) in [6.45, 7) is 4.23. The van der Waals surface area contributed by atoms with Crippen molar-refractivity contribution in [2.45, 2.75) is 213 Å². The van der Waals surface area contributed by atoms with Crippen LogP contribution in [-0.4, -0.2) is 74.9 Å². The number of ether oxygens (including phenoxy) is 2. The van der Waals surface area contributed by atoms with Crippen LogP contribution in [0.15, 0.2) is 134 Å². The van der Waals surface area contributed by atoms with E-state index in [2.05, 4.69) is 148 Å². The third-order valence-electron chi connectivity index (χ3n) is 11.7. The van der Waals surface area contributed by atoms with Gasteiger partial charge in [0.1, 0.15) is 19.8 Å². The van der Waals surface area contributed by atoms with Crippen molar-refractivity contribution in [1.29, 1.82) is 0 Å². The van der Waals surface area contributed by atoms with Gasteiger partial charge in [-0.05, 0) is 116 Å². The zero-order valence-corrected chi connectivity index (χ0v) is 48.4. The number of hydrogen-bond donors (Lipinski definition) is 1. The highest BCUT2D eigenvalue weighted by atomic mass is 31.2. The molecule has 0 aliphatic heterocycles. The molecule has 0 bridgehead atoms. The number of quaternary nitrogens is 1. The Balaban J connectivity index is 4.34. The molecule has 0 rings (SSSR count). The number of rotatable bonds is 51. The molecule has 1 N–H and O–H groups in total. The maximum atomic E-state index is 12.8. The highest BCUT2D eigenvalue weighted by Gasteiger charge is 2.27. The molecule has 0 amide bonds. The van der Waals surface area contributed by atoms with Crippen LogP contribution < -0.4 is 0 Å². The first-order valence-corrected chi connectivity index (χ1v) is 30.4. The van der Waals surface area contributed by atoms with Crippen LogP contribution >= 0.6 is 7.82 Å². The molecule has 0 aromatic carbocycles. The fourth-order valence-corrected chi connectivity index (χ4v) is 7.95. The van der Waals surface area contributed by atoms with Crippen LogP contribution in [0.25, 0.3) is 0 Å². The Labute approximate surface area is 453 Å². The summed E-state index contributed by atoms with van der Waals surface area (Å²) in [4.78, 5) is 35.7. The van der Waals surface area contributed by atoms with Gasteiger partial charge in [0.15, 0.2) is 6.10 Å². The molecule has 10 heteroatoms. The van der Waals surface area contributed by atoms with Crippen molar-refractivity contribution in [3.8, 4) is 0 Å². The Morgan fingerprint density at radius 2 is 0.770 bits per heavy atom. The summed E-state index contributed by atoms with van der Waals surface area (Å²) < 4.78 is 34.5. The summed E-state index contributed by atoms with van der Waals surface area (Å²) in [6.07, 6.45) is 78.0. The maximum absolute atomic E-state index is 12.8. The number of phosphoric acid groups is 1. The summed E-state index contributed by atoms with van der Waals surface area (Å²) in [5.74, 6) is -0.868. The molecule has 74 heavy (non-hydrogen) atoms. The second-order valence-electron chi connectivity index (χ2n) is 19.9. The van der Waals surface area contributed by atoms with Crippen molar-refractivity contribution in [1.82, 2.24) is 0 Å². The molecule has 9 nitrogen and oxygen atoms in total. The Hall–Kier alpha value is -3.85.